The van der Waals surface area contributed by atoms with Gasteiger partial charge < -0.3 is 10.6 Å². The van der Waals surface area contributed by atoms with E-state index in [4.69, 9.17) is 0 Å². The number of aromatic nitrogens is 3. The predicted octanol–water partition coefficient (Wildman–Crippen LogP) is 5.25. The van der Waals surface area contributed by atoms with E-state index in [1.165, 1.54) is 10.8 Å². The lowest BCUT2D eigenvalue weighted by Gasteiger charge is -2.31. The van der Waals surface area contributed by atoms with Crippen LogP contribution >= 0.6 is 0 Å². The van der Waals surface area contributed by atoms with Crippen molar-refractivity contribution >= 4 is 16.6 Å². The second kappa shape index (κ2) is 9.58. The van der Waals surface area contributed by atoms with Crippen LogP contribution in [0.4, 0.5) is 18.9 Å². The van der Waals surface area contributed by atoms with Gasteiger partial charge in [-0.1, -0.05) is 12.1 Å². The van der Waals surface area contributed by atoms with Crippen LogP contribution in [-0.2, 0) is 12.7 Å². The average molecular weight is 482 g/mol. The molecule has 1 aliphatic carbocycles. The molecule has 182 valence electrons. The van der Waals surface area contributed by atoms with Crippen molar-refractivity contribution in [2.24, 2.45) is 0 Å². The molecule has 0 bridgehead atoms. The molecule has 35 heavy (non-hydrogen) atoms. The number of fused-ring (bicyclic) bond motifs is 1. The van der Waals surface area contributed by atoms with Gasteiger partial charge in [0, 0.05) is 47.7 Å². The lowest BCUT2D eigenvalue weighted by atomic mass is 9.90. The number of anilines is 1. The molecule has 0 aliphatic heterocycles. The number of nitrogens with one attached hydrogen (secondary N) is 3. The Morgan fingerprint density at radius 1 is 1.06 bits per heavy atom. The fraction of sp³-hybridized carbons (Fsp3) is 0.308. The molecule has 0 amide bonds. The van der Waals surface area contributed by atoms with Crippen molar-refractivity contribution in [2.75, 3.05) is 5.32 Å². The molecule has 0 spiro atoms. The maximum absolute atomic E-state index is 12.9. The fourth-order valence-corrected chi connectivity index (χ4v) is 4.72. The highest BCUT2D eigenvalue weighted by molar-refractivity contribution is 5.81. The summed E-state index contributed by atoms with van der Waals surface area (Å²) in [5.74, 6) is 0. The Hall–Kier alpha value is -3.59. The monoisotopic (exact) mass is 481 g/mol. The van der Waals surface area contributed by atoms with Crippen LogP contribution < -0.4 is 16.2 Å². The second-order valence-corrected chi connectivity index (χ2v) is 9.05. The normalized spacial score (nSPS) is 18.6. The Bertz CT molecular complexity index is 1380. The molecule has 2 heterocycles. The van der Waals surface area contributed by atoms with Crippen LogP contribution in [0.3, 0.4) is 0 Å². The molecular formula is C26H26F3N5O. The molecule has 6 nitrogen and oxygen atoms in total. The van der Waals surface area contributed by atoms with Gasteiger partial charge in [-0.15, -0.1) is 0 Å². The van der Waals surface area contributed by atoms with E-state index in [1.807, 2.05) is 30.5 Å². The molecule has 2 aromatic heterocycles. The maximum Gasteiger partial charge on any atom is 0.416 e. The highest BCUT2D eigenvalue weighted by Gasteiger charge is 2.31. The second-order valence-electron chi connectivity index (χ2n) is 9.05. The van der Waals surface area contributed by atoms with Crippen LogP contribution in [0.2, 0.25) is 0 Å². The number of nitrogens with zero attached hydrogens (tertiary/aromatic N) is 2. The van der Waals surface area contributed by atoms with Crippen molar-refractivity contribution in [2.45, 2.75) is 50.5 Å². The van der Waals surface area contributed by atoms with Crippen LogP contribution in [0.1, 0.15) is 36.8 Å². The molecule has 0 saturated heterocycles. The number of benzene rings is 2. The minimum absolute atomic E-state index is 0.344. The number of rotatable bonds is 6. The summed E-state index contributed by atoms with van der Waals surface area (Å²) in [6.45, 7) is 0.613. The molecular weight excluding hydrogens is 455 g/mol. The number of H-pyrrole nitrogens is 1. The van der Waals surface area contributed by atoms with Gasteiger partial charge in [0.15, 0.2) is 0 Å². The van der Waals surface area contributed by atoms with Gasteiger partial charge in [0.25, 0.3) is 5.56 Å². The number of pyridine rings is 1. The predicted molar refractivity (Wildman–Crippen MR) is 130 cm³/mol. The first-order valence-corrected chi connectivity index (χ1v) is 11.7. The van der Waals surface area contributed by atoms with Crippen molar-refractivity contribution < 1.29 is 13.2 Å². The molecule has 5 rings (SSSR count). The highest BCUT2D eigenvalue weighted by Crippen LogP contribution is 2.28. The molecule has 2 atom stereocenters. The Morgan fingerprint density at radius 2 is 1.91 bits per heavy atom. The molecule has 0 radical (unpaired) electrons. The Balaban J connectivity index is 1.21. The zero-order valence-electron chi connectivity index (χ0n) is 19.0. The third-order valence-corrected chi connectivity index (χ3v) is 6.52. The molecule has 3 N–H and O–H groups in total. The van der Waals surface area contributed by atoms with Gasteiger partial charge in [0.2, 0.25) is 0 Å². The molecule has 9 heteroatoms. The van der Waals surface area contributed by atoms with Crippen molar-refractivity contribution in [1.82, 2.24) is 20.1 Å². The van der Waals surface area contributed by atoms with Gasteiger partial charge >= 0.3 is 6.18 Å². The summed E-state index contributed by atoms with van der Waals surface area (Å²) in [5.41, 5.74) is 1.95. The van der Waals surface area contributed by atoms with E-state index in [1.54, 1.807) is 6.07 Å². The summed E-state index contributed by atoms with van der Waals surface area (Å²) >= 11 is 0. The number of alkyl halides is 3. The van der Waals surface area contributed by atoms with Crippen molar-refractivity contribution in [1.29, 1.82) is 0 Å². The summed E-state index contributed by atoms with van der Waals surface area (Å²) in [4.78, 5) is 12.3. The highest BCUT2D eigenvalue weighted by atomic mass is 19.4. The van der Waals surface area contributed by atoms with Crippen LogP contribution in [0, 0.1) is 0 Å². The van der Waals surface area contributed by atoms with Crippen molar-refractivity contribution in [3.05, 3.63) is 88.5 Å². The third kappa shape index (κ3) is 5.40. The Kier molecular flexibility index (Phi) is 6.34. The maximum atomic E-state index is 12.9. The SMILES string of the molecule is O=c1cc(C(F)(F)F)ccn1-c1cccc(CN[C@H]2CCC[C@@H](Nc3ccc4[nH]ncc4c3)C2)c1. The number of halogens is 3. The van der Waals surface area contributed by atoms with Crippen LogP contribution in [-0.4, -0.2) is 26.8 Å². The number of hydrogen-bond donors (Lipinski definition) is 3. The zero-order chi connectivity index (χ0) is 24.4. The summed E-state index contributed by atoms with van der Waals surface area (Å²) in [6.07, 6.45) is 2.74. The first-order valence-electron chi connectivity index (χ1n) is 11.7. The minimum Gasteiger partial charge on any atom is -0.382 e. The summed E-state index contributed by atoms with van der Waals surface area (Å²) < 4.78 is 39.9. The van der Waals surface area contributed by atoms with Gasteiger partial charge in [-0.3, -0.25) is 14.5 Å². The minimum atomic E-state index is -4.54. The summed E-state index contributed by atoms with van der Waals surface area (Å²) in [5, 5.41) is 15.4. The third-order valence-electron chi connectivity index (χ3n) is 6.52. The van der Waals surface area contributed by atoms with Gasteiger partial charge in [0.1, 0.15) is 0 Å². The Morgan fingerprint density at radius 3 is 2.74 bits per heavy atom. The van der Waals surface area contributed by atoms with E-state index in [0.29, 0.717) is 30.4 Å². The smallest absolute Gasteiger partial charge is 0.382 e. The van der Waals surface area contributed by atoms with E-state index in [0.717, 1.165) is 53.9 Å². The molecule has 2 aromatic carbocycles. The van der Waals surface area contributed by atoms with Gasteiger partial charge in [0.05, 0.1) is 17.3 Å². The lowest BCUT2D eigenvalue weighted by Crippen LogP contribution is -2.38. The van der Waals surface area contributed by atoms with Crippen LogP contribution in [0.5, 0.6) is 0 Å². The van der Waals surface area contributed by atoms with Gasteiger partial charge in [-0.25, -0.2) is 0 Å². The topological polar surface area (TPSA) is 74.7 Å². The quantitative estimate of drug-likeness (QED) is 0.352. The van der Waals surface area contributed by atoms with Gasteiger partial charge in [-0.05, 0) is 67.6 Å². The van der Waals surface area contributed by atoms with E-state index in [9.17, 15) is 18.0 Å². The van der Waals surface area contributed by atoms with E-state index >= 15 is 0 Å². The van der Waals surface area contributed by atoms with Crippen LogP contribution in [0.25, 0.3) is 16.6 Å². The average Bonchev–Trinajstić information content (AvgIpc) is 3.31. The Labute approximate surface area is 200 Å². The zero-order valence-corrected chi connectivity index (χ0v) is 19.0. The van der Waals surface area contributed by atoms with Crippen molar-refractivity contribution in [3.8, 4) is 5.69 Å². The molecule has 1 fully saturated rings. The van der Waals surface area contributed by atoms with Gasteiger partial charge in [-0.2, -0.15) is 18.3 Å². The molecule has 1 saturated carbocycles. The number of aromatic amines is 1. The number of hydrogen-bond acceptors (Lipinski definition) is 4. The summed E-state index contributed by atoms with van der Waals surface area (Å²) in [7, 11) is 0. The van der Waals surface area contributed by atoms with E-state index in [-0.39, 0.29) is 0 Å². The van der Waals surface area contributed by atoms with E-state index < -0.39 is 17.3 Å². The first-order chi connectivity index (χ1) is 16.8. The fourth-order valence-electron chi connectivity index (χ4n) is 4.72. The molecule has 4 aromatic rings. The van der Waals surface area contributed by atoms with Crippen molar-refractivity contribution in [3.63, 3.8) is 0 Å². The molecule has 1 aliphatic rings. The standard InChI is InChI=1S/C26H26F3N5O/c27-26(28,29)19-9-10-34(25(35)13-19)23-6-1-3-17(11-23)15-30-20-4-2-5-21(14-20)32-22-7-8-24-18(12-22)16-31-33-24/h1,3,6-13,16,20-21,30,32H,2,4-5,14-15H2,(H,31,33)/t20-,21+/m0/s1. The first kappa shape index (κ1) is 23.2. The lowest BCUT2D eigenvalue weighted by molar-refractivity contribution is -0.137. The van der Waals surface area contributed by atoms with Crippen LogP contribution in [0.15, 0.2) is 71.8 Å². The molecule has 0 unspecified atom stereocenters. The largest absolute Gasteiger partial charge is 0.416 e. The summed E-state index contributed by atoms with van der Waals surface area (Å²) in [6, 6.07) is 15.8. The van der Waals surface area contributed by atoms with E-state index in [2.05, 4.69) is 33.0 Å².